The summed E-state index contributed by atoms with van der Waals surface area (Å²) in [5.41, 5.74) is 0.701. The normalized spacial score (nSPS) is 12.0. The molecule has 0 aliphatic rings. The summed E-state index contributed by atoms with van der Waals surface area (Å²) in [5, 5.41) is 14.4. The number of fused-ring (bicyclic) bond motifs is 1. The SMILES string of the molecule is CC[C@H](CC#N)NC(=O)c1csc2ccccc12. The first kappa shape index (κ1) is 12.6. The Morgan fingerprint density at radius 3 is 3.00 bits per heavy atom. The van der Waals surface area contributed by atoms with Crippen LogP contribution in [-0.2, 0) is 0 Å². The van der Waals surface area contributed by atoms with Gasteiger partial charge in [-0.25, -0.2) is 0 Å². The maximum atomic E-state index is 12.2. The van der Waals surface area contributed by atoms with Crippen LogP contribution in [0.1, 0.15) is 30.1 Å². The highest BCUT2D eigenvalue weighted by Crippen LogP contribution is 2.25. The Morgan fingerprint density at radius 2 is 2.28 bits per heavy atom. The van der Waals surface area contributed by atoms with Crippen molar-refractivity contribution in [1.29, 1.82) is 5.26 Å². The van der Waals surface area contributed by atoms with Gasteiger partial charge in [0.25, 0.3) is 5.91 Å². The zero-order valence-corrected chi connectivity index (χ0v) is 11.0. The van der Waals surface area contributed by atoms with E-state index in [2.05, 4.69) is 11.4 Å². The zero-order valence-electron chi connectivity index (χ0n) is 10.1. The highest BCUT2D eigenvalue weighted by Gasteiger charge is 2.15. The predicted octanol–water partition coefficient (Wildman–Crippen LogP) is 3.32. The molecule has 0 fully saturated rings. The molecule has 1 amide bonds. The predicted molar refractivity (Wildman–Crippen MR) is 73.6 cm³/mol. The third-order valence-electron chi connectivity index (χ3n) is 2.89. The summed E-state index contributed by atoms with van der Waals surface area (Å²) in [6, 6.07) is 9.87. The number of nitrogens with zero attached hydrogens (tertiary/aromatic N) is 1. The van der Waals surface area contributed by atoms with E-state index >= 15 is 0 Å². The fourth-order valence-electron chi connectivity index (χ4n) is 1.82. The summed E-state index contributed by atoms with van der Waals surface area (Å²) in [5.74, 6) is -0.0884. The van der Waals surface area contributed by atoms with Crippen LogP contribution < -0.4 is 5.32 Å². The van der Waals surface area contributed by atoms with Gasteiger partial charge >= 0.3 is 0 Å². The van der Waals surface area contributed by atoms with E-state index in [4.69, 9.17) is 5.26 Å². The van der Waals surface area contributed by atoms with E-state index in [1.54, 1.807) is 11.3 Å². The summed E-state index contributed by atoms with van der Waals surface area (Å²) in [4.78, 5) is 12.2. The molecule has 2 rings (SSSR count). The Morgan fingerprint density at radius 1 is 1.50 bits per heavy atom. The summed E-state index contributed by atoms with van der Waals surface area (Å²) in [6.07, 6.45) is 1.12. The van der Waals surface area contributed by atoms with Crippen molar-refractivity contribution in [1.82, 2.24) is 5.32 Å². The average molecular weight is 258 g/mol. The van der Waals surface area contributed by atoms with Crippen LogP contribution in [0.4, 0.5) is 0 Å². The van der Waals surface area contributed by atoms with Gasteiger partial charge in [0.05, 0.1) is 18.1 Å². The molecule has 2 aromatic rings. The maximum absolute atomic E-state index is 12.2. The summed E-state index contributed by atoms with van der Waals surface area (Å²) in [7, 11) is 0. The van der Waals surface area contributed by atoms with Crippen molar-refractivity contribution in [2.75, 3.05) is 0 Å². The molecular weight excluding hydrogens is 244 g/mol. The average Bonchev–Trinajstić information content (AvgIpc) is 2.82. The Kier molecular flexibility index (Phi) is 3.96. The third kappa shape index (κ3) is 2.52. The van der Waals surface area contributed by atoms with Gasteiger partial charge in [-0.1, -0.05) is 25.1 Å². The number of nitriles is 1. The highest BCUT2D eigenvalue weighted by atomic mass is 32.1. The second kappa shape index (κ2) is 5.65. The van der Waals surface area contributed by atoms with Gasteiger partial charge in [-0.3, -0.25) is 4.79 Å². The van der Waals surface area contributed by atoms with Gasteiger partial charge in [0.1, 0.15) is 0 Å². The van der Waals surface area contributed by atoms with E-state index < -0.39 is 0 Å². The summed E-state index contributed by atoms with van der Waals surface area (Å²) < 4.78 is 1.11. The van der Waals surface area contributed by atoms with Gasteiger partial charge in [0, 0.05) is 21.5 Å². The molecule has 0 bridgehead atoms. The number of nitrogens with one attached hydrogen (secondary N) is 1. The molecule has 0 spiro atoms. The fraction of sp³-hybridized carbons (Fsp3) is 0.286. The number of hydrogen-bond acceptors (Lipinski definition) is 3. The van der Waals surface area contributed by atoms with E-state index in [9.17, 15) is 4.79 Å². The molecule has 1 atom stereocenters. The first-order chi connectivity index (χ1) is 8.76. The van der Waals surface area contributed by atoms with Gasteiger partial charge in [-0.05, 0) is 12.5 Å². The molecule has 92 valence electrons. The molecule has 3 nitrogen and oxygen atoms in total. The van der Waals surface area contributed by atoms with E-state index in [1.165, 1.54) is 0 Å². The summed E-state index contributed by atoms with van der Waals surface area (Å²) >= 11 is 1.56. The van der Waals surface area contributed by atoms with Crippen LogP contribution in [-0.4, -0.2) is 11.9 Å². The molecule has 0 aliphatic heterocycles. The molecule has 1 N–H and O–H groups in total. The van der Waals surface area contributed by atoms with Gasteiger partial charge in [0.15, 0.2) is 0 Å². The van der Waals surface area contributed by atoms with Crippen LogP contribution in [0.25, 0.3) is 10.1 Å². The Bertz CT molecular complexity index is 597. The van der Waals surface area contributed by atoms with E-state index in [-0.39, 0.29) is 11.9 Å². The minimum Gasteiger partial charge on any atom is -0.348 e. The maximum Gasteiger partial charge on any atom is 0.253 e. The standard InChI is InChI=1S/C14H14N2OS/c1-2-10(7-8-15)16-14(17)12-9-18-13-6-4-3-5-11(12)13/h3-6,9-10H,2,7H2,1H3,(H,16,17)/t10-/m1/s1. The molecule has 0 unspecified atom stereocenters. The number of benzene rings is 1. The van der Waals surface area contributed by atoms with Crippen molar-refractivity contribution in [3.8, 4) is 6.07 Å². The van der Waals surface area contributed by atoms with E-state index in [0.29, 0.717) is 12.0 Å². The van der Waals surface area contributed by atoms with Gasteiger partial charge in [0.2, 0.25) is 0 Å². The van der Waals surface area contributed by atoms with Crippen molar-refractivity contribution in [3.05, 3.63) is 35.2 Å². The van der Waals surface area contributed by atoms with Crippen LogP contribution in [0.5, 0.6) is 0 Å². The van der Waals surface area contributed by atoms with E-state index in [0.717, 1.165) is 16.5 Å². The van der Waals surface area contributed by atoms with Crippen molar-refractivity contribution in [3.63, 3.8) is 0 Å². The van der Waals surface area contributed by atoms with Crippen LogP contribution in [0.3, 0.4) is 0 Å². The number of carbonyl (C=O) groups is 1. The zero-order chi connectivity index (χ0) is 13.0. The molecule has 1 aromatic heterocycles. The Balaban J connectivity index is 2.21. The molecule has 18 heavy (non-hydrogen) atoms. The smallest absolute Gasteiger partial charge is 0.253 e. The minimum absolute atomic E-state index is 0.0684. The number of carbonyl (C=O) groups excluding carboxylic acids is 1. The molecule has 4 heteroatoms. The first-order valence-corrected chi connectivity index (χ1v) is 6.78. The lowest BCUT2D eigenvalue weighted by Crippen LogP contribution is -2.33. The van der Waals surface area contributed by atoms with Crippen molar-refractivity contribution in [2.24, 2.45) is 0 Å². The van der Waals surface area contributed by atoms with Gasteiger partial charge < -0.3 is 5.32 Å². The monoisotopic (exact) mass is 258 g/mol. The number of rotatable bonds is 4. The van der Waals surface area contributed by atoms with Crippen LogP contribution in [0.15, 0.2) is 29.6 Å². The lowest BCUT2D eigenvalue weighted by atomic mass is 10.1. The summed E-state index contributed by atoms with van der Waals surface area (Å²) in [6.45, 7) is 1.97. The molecule has 0 saturated heterocycles. The quantitative estimate of drug-likeness (QED) is 0.914. The third-order valence-corrected chi connectivity index (χ3v) is 3.85. The number of hydrogen-bond donors (Lipinski definition) is 1. The molecule has 0 radical (unpaired) electrons. The molecule has 1 heterocycles. The second-order valence-corrected chi connectivity index (χ2v) is 5.00. The number of thiophene rings is 1. The van der Waals surface area contributed by atoms with Crippen molar-refractivity contribution >= 4 is 27.3 Å². The van der Waals surface area contributed by atoms with Gasteiger partial charge in [-0.2, -0.15) is 5.26 Å². The molecule has 0 saturated carbocycles. The van der Waals surface area contributed by atoms with Crippen LogP contribution in [0, 0.1) is 11.3 Å². The highest BCUT2D eigenvalue weighted by molar-refractivity contribution is 7.17. The first-order valence-electron chi connectivity index (χ1n) is 5.90. The second-order valence-electron chi connectivity index (χ2n) is 4.09. The minimum atomic E-state index is -0.0884. The van der Waals surface area contributed by atoms with Crippen molar-refractivity contribution < 1.29 is 4.79 Å². The topological polar surface area (TPSA) is 52.9 Å². The lowest BCUT2D eigenvalue weighted by molar-refractivity contribution is 0.0938. The molecular formula is C14H14N2OS. The molecule has 0 aliphatic carbocycles. The Hall–Kier alpha value is -1.86. The van der Waals surface area contributed by atoms with Crippen molar-refractivity contribution in [2.45, 2.75) is 25.8 Å². The Labute approximate surface area is 110 Å². The lowest BCUT2D eigenvalue weighted by Gasteiger charge is -2.12. The van der Waals surface area contributed by atoms with Gasteiger partial charge in [-0.15, -0.1) is 11.3 Å². The number of amides is 1. The molecule has 1 aromatic carbocycles. The fourth-order valence-corrected chi connectivity index (χ4v) is 2.77. The van der Waals surface area contributed by atoms with E-state index in [1.807, 2.05) is 36.6 Å². The van der Waals surface area contributed by atoms with Crippen LogP contribution >= 0.6 is 11.3 Å². The largest absolute Gasteiger partial charge is 0.348 e. The van der Waals surface area contributed by atoms with Crippen LogP contribution in [0.2, 0.25) is 0 Å².